The topological polar surface area (TPSA) is 59.1 Å². The largest absolute Gasteiger partial charge is 0.382 e. The zero-order chi connectivity index (χ0) is 13.5. The average Bonchev–Trinajstić information content (AvgIpc) is 3.23. The summed E-state index contributed by atoms with van der Waals surface area (Å²) < 4.78 is 5.32. The van der Waals surface area contributed by atoms with E-state index >= 15 is 0 Å². The molecule has 2 N–H and O–H groups in total. The second-order valence-electron chi connectivity index (χ2n) is 4.78. The standard InChI is InChI=1S/C14H24N4O/c1-3-15-12-10-13(16-8-5-9-19-4-2)18-14(17-12)11-6-7-11/h10-11H,3-9H2,1-2H3,(H2,15,16,17,18). The molecule has 0 unspecified atom stereocenters. The van der Waals surface area contributed by atoms with Gasteiger partial charge in [-0.2, -0.15) is 0 Å². The molecule has 0 spiro atoms. The summed E-state index contributed by atoms with van der Waals surface area (Å²) in [5.74, 6) is 3.39. The van der Waals surface area contributed by atoms with Crippen LogP contribution < -0.4 is 10.6 Å². The van der Waals surface area contributed by atoms with E-state index in [0.717, 1.165) is 50.2 Å². The van der Waals surface area contributed by atoms with Crippen LogP contribution in [-0.2, 0) is 4.74 Å². The van der Waals surface area contributed by atoms with Gasteiger partial charge < -0.3 is 15.4 Å². The zero-order valence-electron chi connectivity index (χ0n) is 11.9. The predicted octanol–water partition coefficient (Wildman–Crippen LogP) is 2.62. The number of nitrogens with zero attached hydrogens (tertiary/aromatic N) is 2. The molecule has 0 radical (unpaired) electrons. The molecule has 5 heteroatoms. The summed E-state index contributed by atoms with van der Waals surface area (Å²) in [5.41, 5.74) is 0. The molecule has 19 heavy (non-hydrogen) atoms. The van der Waals surface area contributed by atoms with Crippen molar-refractivity contribution in [1.29, 1.82) is 0 Å². The van der Waals surface area contributed by atoms with Crippen LogP contribution in [0.4, 0.5) is 11.6 Å². The van der Waals surface area contributed by atoms with Crippen molar-refractivity contribution in [3.63, 3.8) is 0 Å². The highest BCUT2D eigenvalue weighted by Crippen LogP contribution is 2.38. The maximum Gasteiger partial charge on any atom is 0.136 e. The molecule has 106 valence electrons. The van der Waals surface area contributed by atoms with Gasteiger partial charge in [0.05, 0.1) is 0 Å². The number of hydrogen-bond donors (Lipinski definition) is 2. The minimum absolute atomic E-state index is 0.572. The Kier molecular flexibility index (Phi) is 5.39. The summed E-state index contributed by atoms with van der Waals surface area (Å²) in [5, 5.41) is 6.62. The highest BCUT2D eigenvalue weighted by atomic mass is 16.5. The van der Waals surface area contributed by atoms with Gasteiger partial charge in [0.2, 0.25) is 0 Å². The Morgan fingerprint density at radius 1 is 1.21 bits per heavy atom. The third-order valence-electron chi connectivity index (χ3n) is 3.02. The Balaban J connectivity index is 1.90. The zero-order valence-corrected chi connectivity index (χ0v) is 11.9. The SMILES string of the molecule is CCNc1cc(NCCCOCC)nc(C2CC2)n1. The molecule has 1 fully saturated rings. The lowest BCUT2D eigenvalue weighted by atomic mass is 10.3. The summed E-state index contributed by atoms with van der Waals surface area (Å²) in [6.07, 6.45) is 3.44. The smallest absolute Gasteiger partial charge is 0.136 e. The molecule has 0 amide bonds. The van der Waals surface area contributed by atoms with E-state index in [9.17, 15) is 0 Å². The number of anilines is 2. The van der Waals surface area contributed by atoms with E-state index in [4.69, 9.17) is 4.74 Å². The Hall–Kier alpha value is -1.36. The summed E-state index contributed by atoms with van der Waals surface area (Å²) in [6, 6.07) is 1.98. The molecule has 1 aliphatic carbocycles. The van der Waals surface area contributed by atoms with E-state index in [-0.39, 0.29) is 0 Å². The van der Waals surface area contributed by atoms with Crippen molar-refractivity contribution < 1.29 is 4.74 Å². The van der Waals surface area contributed by atoms with Gasteiger partial charge >= 0.3 is 0 Å². The maximum atomic E-state index is 5.32. The van der Waals surface area contributed by atoms with Gasteiger partial charge in [0.15, 0.2) is 0 Å². The van der Waals surface area contributed by atoms with Crippen molar-refractivity contribution >= 4 is 11.6 Å². The molecule has 1 heterocycles. The lowest BCUT2D eigenvalue weighted by Crippen LogP contribution is -2.10. The first-order valence-electron chi connectivity index (χ1n) is 7.28. The molecule has 0 bridgehead atoms. The number of ether oxygens (including phenoxy) is 1. The minimum Gasteiger partial charge on any atom is -0.382 e. The summed E-state index contributed by atoms with van der Waals surface area (Å²) in [4.78, 5) is 9.15. The van der Waals surface area contributed by atoms with Crippen LogP contribution in [0.1, 0.15) is 44.9 Å². The number of nitrogens with one attached hydrogen (secondary N) is 2. The fourth-order valence-corrected chi connectivity index (χ4v) is 1.89. The van der Waals surface area contributed by atoms with Crippen molar-refractivity contribution in [1.82, 2.24) is 9.97 Å². The Labute approximate surface area is 115 Å². The minimum atomic E-state index is 0.572. The number of hydrogen-bond acceptors (Lipinski definition) is 5. The third-order valence-corrected chi connectivity index (χ3v) is 3.02. The fourth-order valence-electron chi connectivity index (χ4n) is 1.89. The molecule has 1 saturated carbocycles. The van der Waals surface area contributed by atoms with Crippen LogP contribution in [0.25, 0.3) is 0 Å². The average molecular weight is 264 g/mol. The van der Waals surface area contributed by atoms with Gasteiger partial charge in [0.1, 0.15) is 17.5 Å². The first-order chi connectivity index (χ1) is 9.33. The van der Waals surface area contributed by atoms with Crippen molar-refractivity contribution in [2.75, 3.05) is 36.9 Å². The van der Waals surface area contributed by atoms with Gasteiger partial charge in [-0.05, 0) is 33.1 Å². The summed E-state index contributed by atoms with van der Waals surface area (Å²) in [7, 11) is 0. The quantitative estimate of drug-likeness (QED) is 0.671. The van der Waals surface area contributed by atoms with E-state index in [1.807, 2.05) is 13.0 Å². The van der Waals surface area contributed by atoms with Crippen LogP contribution in [0.5, 0.6) is 0 Å². The second-order valence-corrected chi connectivity index (χ2v) is 4.78. The van der Waals surface area contributed by atoms with Crippen molar-refractivity contribution in [3.8, 4) is 0 Å². The first-order valence-corrected chi connectivity index (χ1v) is 7.28. The van der Waals surface area contributed by atoms with Crippen LogP contribution in [0.2, 0.25) is 0 Å². The molecule has 0 atom stereocenters. The molecule has 5 nitrogen and oxygen atoms in total. The second kappa shape index (κ2) is 7.28. The first kappa shape index (κ1) is 14.1. The normalized spacial score (nSPS) is 14.4. The predicted molar refractivity (Wildman–Crippen MR) is 77.8 cm³/mol. The van der Waals surface area contributed by atoms with E-state index in [2.05, 4.69) is 27.5 Å². The third kappa shape index (κ3) is 4.67. The van der Waals surface area contributed by atoms with E-state index in [1.165, 1.54) is 12.8 Å². The van der Waals surface area contributed by atoms with Crippen LogP contribution >= 0.6 is 0 Å². The van der Waals surface area contributed by atoms with Gasteiger partial charge in [0, 0.05) is 38.3 Å². The van der Waals surface area contributed by atoms with Crippen LogP contribution in [0, 0.1) is 0 Å². The summed E-state index contributed by atoms with van der Waals surface area (Å²) >= 11 is 0. The number of aromatic nitrogens is 2. The molecule has 0 aromatic carbocycles. The van der Waals surface area contributed by atoms with Gasteiger partial charge in [-0.3, -0.25) is 0 Å². The van der Waals surface area contributed by atoms with Gasteiger partial charge in [0.25, 0.3) is 0 Å². The van der Waals surface area contributed by atoms with Crippen LogP contribution in [0.15, 0.2) is 6.07 Å². The van der Waals surface area contributed by atoms with Crippen molar-refractivity contribution in [3.05, 3.63) is 11.9 Å². The molecule has 1 aromatic heterocycles. The van der Waals surface area contributed by atoms with Crippen molar-refractivity contribution in [2.24, 2.45) is 0 Å². The number of rotatable bonds is 9. The van der Waals surface area contributed by atoms with Gasteiger partial charge in [-0.1, -0.05) is 0 Å². The van der Waals surface area contributed by atoms with Crippen LogP contribution in [-0.4, -0.2) is 36.3 Å². The van der Waals surface area contributed by atoms with Crippen LogP contribution in [0.3, 0.4) is 0 Å². The molecule has 0 aliphatic heterocycles. The van der Waals surface area contributed by atoms with E-state index in [0.29, 0.717) is 5.92 Å². The Morgan fingerprint density at radius 3 is 2.58 bits per heavy atom. The lowest BCUT2D eigenvalue weighted by molar-refractivity contribution is 0.147. The highest BCUT2D eigenvalue weighted by Gasteiger charge is 2.27. The highest BCUT2D eigenvalue weighted by molar-refractivity contribution is 5.48. The fraction of sp³-hybridized carbons (Fsp3) is 0.714. The Bertz CT molecular complexity index is 393. The summed E-state index contributed by atoms with van der Waals surface area (Å²) in [6.45, 7) is 7.43. The molecule has 2 rings (SSSR count). The molecule has 1 aromatic rings. The maximum absolute atomic E-state index is 5.32. The molecular weight excluding hydrogens is 240 g/mol. The van der Waals surface area contributed by atoms with Gasteiger partial charge in [-0.25, -0.2) is 9.97 Å². The van der Waals surface area contributed by atoms with Crippen molar-refractivity contribution in [2.45, 2.75) is 39.0 Å². The molecular formula is C14H24N4O. The van der Waals surface area contributed by atoms with E-state index < -0.39 is 0 Å². The molecule has 1 aliphatic rings. The molecule has 0 saturated heterocycles. The monoisotopic (exact) mass is 264 g/mol. The van der Waals surface area contributed by atoms with E-state index in [1.54, 1.807) is 0 Å². The van der Waals surface area contributed by atoms with Gasteiger partial charge in [-0.15, -0.1) is 0 Å². The lowest BCUT2D eigenvalue weighted by Gasteiger charge is -2.10. The Morgan fingerprint density at radius 2 is 1.95 bits per heavy atom.